The molecule has 0 N–H and O–H groups in total. The summed E-state index contributed by atoms with van der Waals surface area (Å²) in [4.78, 5) is 17.9. The van der Waals surface area contributed by atoms with Crippen LogP contribution in [-0.4, -0.2) is 41.7 Å². The normalized spacial score (nSPS) is 11.2. The van der Waals surface area contributed by atoms with E-state index in [4.69, 9.17) is 0 Å². The van der Waals surface area contributed by atoms with Crippen molar-refractivity contribution in [3.05, 3.63) is 59.8 Å². The fraction of sp³-hybridized carbons (Fsp3) is 0.333. The van der Waals surface area contributed by atoms with Crippen molar-refractivity contribution < 1.29 is 22.7 Å². The van der Waals surface area contributed by atoms with Gasteiger partial charge < -0.3 is 9.64 Å². The Labute approximate surface area is 144 Å². The zero-order valence-electron chi connectivity index (χ0n) is 13.8. The van der Waals surface area contributed by atoms with Gasteiger partial charge in [-0.2, -0.15) is 13.2 Å². The number of nitrogens with zero attached hydrogens (tertiary/aromatic N) is 2. The minimum atomic E-state index is -4.42. The number of pyridine rings is 1. The first-order valence-electron chi connectivity index (χ1n) is 7.88. The van der Waals surface area contributed by atoms with E-state index in [-0.39, 0.29) is 11.8 Å². The number of alkyl halides is 3. The van der Waals surface area contributed by atoms with Gasteiger partial charge in [-0.15, -0.1) is 0 Å². The summed E-state index contributed by atoms with van der Waals surface area (Å²) in [6, 6.07) is 12.5. The van der Waals surface area contributed by atoms with Crippen molar-refractivity contribution in [2.24, 2.45) is 0 Å². The molecule has 0 unspecified atom stereocenters. The molecule has 0 bridgehead atoms. The molecule has 1 aromatic heterocycles. The number of rotatable bonds is 7. The Balaban J connectivity index is 1.95. The Morgan fingerprint density at radius 3 is 2.44 bits per heavy atom. The number of benzene rings is 1. The Kier molecular flexibility index (Phi) is 6.38. The van der Waals surface area contributed by atoms with Crippen molar-refractivity contribution >= 4 is 5.91 Å². The van der Waals surface area contributed by atoms with Gasteiger partial charge in [0.2, 0.25) is 5.88 Å². The van der Waals surface area contributed by atoms with Crippen molar-refractivity contribution in [3.63, 3.8) is 0 Å². The predicted molar refractivity (Wildman–Crippen MR) is 87.5 cm³/mol. The van der Waals surface area contributed by atoms with Gasteiger partial charge in [0, 0.05) is 25.4 Å². The average Bonchev–Trinajstić information content (AvgIpc) is 2.61. The number of amides is 1. The third-order valence-corrected chi connectivity index (χ3v) is 3.55. The second kappa shape index (κ2) is 8.50. The molecule has 0 saturated heterocycles. The van der Waals surface area contributed by atoms with E-state index < -0.39 is 12.8 Å². The van der Waals surface area contributed by atoms with E-state index in [1.54, 1.807) is 4.90 Å². The van der Waals surface area contributed by atoms with Crippen LogP contribution in [0.5, 0.6) is 5.88 Å². The highest BCUT2D eigenvalue weighted by atomic mass is 19.4. The van der Waals surface area contributed by atoms with Crippen molar-refractivity contribution in [3.8, 4) is 5.88 Å². The second-order valence-corrected chi connectivity index (χ2v) is 5.41. The second-order valence-electron chi connectivity index (χ2n) is 5.41. The summed E-state index contributed by atoms with van der Waals surface area (Å²) in [5, 5.41) is 0. The summed E-state index contributed by atoms with van der Waals surface area (Å²) in [6.07, 6.45) is -2.47. The molecule has 1 heterocycles. The molecule has 25 heavy (non-hydrogen) atoms. The molecule has 1 amide bonds. The van der Waals surface area contributed by atoms with Crippen LogP contribution in [0.1, 0.15) is 22.8 Å². The van der Waals surface area contributed by atoms with Crippen LogP contribution in [0.4, 0.5) is 13.2 Å². The molecule has 1 aromatic carbocycles. The maximum absolute atomic E-state index is 12.5. The minimum Gasteiger partial charge on any atom is -0.468 e. The fourth-order valence-electron chi connectivity index (χ4n) is 2.24. The molecule has 0 aliphatic heterocycles. The monoisotopic (exact) mass is 352 g/mol. The van der Waals surface area contributed by atoms with E-state index >= 15 is 0 Å². The third-order valence-electron chi connectivity index (χ3n) is 3.55. The van der Waals surface area contributed by atoms with Crippen LogP contribution in [0, 0.1) is 0 Å². The molecule has 4 nitrogen and oxygen atoms in total. The van der Waals surface area contributed by atoms with Crippen LogP contribution in [0.25, 0.3) is 0 Å². The number of aromatic nitrogens is 1. The molecule has 0 aliphatic rings. The van der Waals surface area contributed by atoms with Gasteiger partial charge in [-0.1, -0.05) is 30.3 Å². The molecule has 2 aromatic rings. The molecular weight excluding hydrogens is 333 g/mol. The zero-order valence-corrected chi connectivity index (χ0v) is 13.8. The van der Waals surface area contributed by atoms with Crippen LogP contribution in [0.2, 0.25) is 0 Å². The maximum atomic E-state index is 12.5. The molecule has 0 fully saturated rings. The highest BCUT2D eigenvalue weighted by Crippen LogP contribution is 2.17. The quantitative estimate of drug-likeness (QED) is 0.763. The molecule has 134 valence electrons. The van der Waals surface area contributed by atoms with E-state index in [2.05, 4.69) is 9.72 Å². The van der Waals surface area contributed by atoms with Crippen LogP contribution in [0.3, 0.4) is 0 Å². The molecule has 0 saturated carbocycles. The first-order chi connectivity index (χ1) is 11.9. The highest BCUT2D eigenvalue weighted by molar-refractivity contribution is 5.93. The number of carbonyl (C=O) groups excluding carboxylic acids is 1. The van der Waals surface area contributed by atoms with Gasteiger partial charge in [0.15, 0.2) is 6.61 Å². The minimum absolute atomic E-state index is 0.166. The van der Waals surface area contributed by atoms with Gasteiger partial charge in [-0.3, -0.25) is 4.79 Å². The summed E-state index contributed by atoms with van der Waals surface area (Å²) in [5.74, 6) is -0.380. The lowest BCUT2D eigenvalue weighted by molar-refractivity contribution is -0.154. The standard InChI is InChI=1S/C18H19F3N2O2/c1-2-23(11-10-14-6-4-3-5-7-14)17(24)15-8-9-16(22-12-15)25-13-18(19,20)21/h3-9,12H,2,10-11,13H2,1H3. The highest BCUT2D eigenvalue weighted by Gasteiger charge is 2.28. The lowest BCUT2D eigenvalue weighted by Gasteiger charge is -2.21. The number of ether oxygens (including phenoxy) is 1. The third kappa shape index (κ3) is 6.10. The van der Waals surface area contributed by atoms with E-state index in [0.717, 1.165) is 12.0 Å². The lowest BCUT2D eigenvalue weighted by atomic mass is 10.1. The molecule has 0 aliphatic carbocycles. The Hall–Kier alpha value is -2.57. The molecular formula is C18H19F3N2O2. The van der Waals surface area contributed by atoms with Crippen molar-refractivity contribution in [2.45, 2.75) is 19.5 Å². The molecule has 2 rings (SSSR count). The van der Waals surface area contributed by atoms with Gasteiger partial charge in [0.05, 0.1) is 5.56 Å². The summed E-state index contributed by atoms with van der Waals surface area (Å²) in [6.45, 7) is 1.53. The molecule has 7 heteroatoms. The maximum Gasteiger partial charge on any atom is 0.422 e. The van der Waals surface area contributed by atoms with Gasteiger partial charge in [-0.05, 0) is 25.0 Å². The molecule has 0 atom stereocenters. The summed E-state index contributed by atoms with van der Waals surface area (Å²) in [5.41, 5.74) is 1.44. The molecule has 0 radical (unpaired) electrons. The Morgan fingerprint density at radius 1 is 1.16 bits per heavy atom. The largest absolute Gasteiger partial charge is 0.468 e. The van der Waals surface area contributed by atoms with Crippen LogP contribution < -0.4 is 4.74 Å². The van der Waals surface area contributed by atoms with E-state index in [9.17, 15) is 18.0 Å². The van der Waals surface area contributed by atoms with Crippen LogP contribution >= 0.6 is 0 Å². The average molecular weight is 352 g/mol. The number of hydrogen-bond acceptors (Lipinski definition) is 3. The number of hydrogen-bond donors (Lipinski definition) is 0. The Morgan fingerprint density at radius 2 is 1.88 bits per heavy atom. The SMILES string of the molecule is CCN(CCc1ccccc1)C(=O)c1ccc(OCC(F)(F)F)nc1. The number of halogens is 3. The van der Waals surface area contributed by atoms with Crippen molar-refractivity contribution in [1.29, 1.82) is 0 Å². The zero-order chi connectivity index (χ0) is 18.3. The fourth-order valence-corrected chi connectivity index (χ4v) is 2.24. The van der Waals surface area contributed by atoms with Gasteiger partial charge in [-0.25, -0.2) is 4.98 Å². The smallest absolute Gasteiger partial charge is 0.422 e. The van der Waals surface area contributed by atoms with Crippen LogP contribution in [0.15, 0.2) is 48.7 Å². The number of carbonyl (C=O) groups is 1. The van der Waals surface area contributed by atoms with Gasteiger partial charge in [0.1, 0.15) is 0 Å². The predicted octanol–water partition coefficient (Wildman–Crippen LogP) is 3.73. The summed E-state index contributed by atoms with van der Waals surface area (Å²) in [7, 11) is 0. The first kappa shape index (κ1) is 18.8. The van der Waals surface area contributed by atoms with E-state index in [0.29, 0.717) is 18.7 Å². The Bertz CT molecular complexity index is 673. The van der Waals surface area contributed by atoms with Crippen molar-refractivity contribution in [1.82, 2.24) is 9.88 Å². The van der Waals surface area contributed by atoms with E-state index in [1.165, 1.54) is 18.3 Å². The summed E-state index contributed by atoms with van der Waals surface area (Å²) >= 11 is 0. The van der Waals surface area contributed by atoms with Gasteiger partial charge >= 0.3 is 6.18 Å². The number of likely N-dealkylation sites (N-methyl/N-ethyl adjacent to an activating group) is 1. The molecule has 0 spiro atoms. The first-order valence-corrected chi connectivity index (χ1v) is 7.88. The topological polar surface area (TPSA) is 42.4 Å². The van der Waals surface area contributed by atoms with E-state index in [1.807, 2.05) is 37.3 Å². The van der Waals surface area contributed by atoms with Gasteiger partial charge in [0.25, 0.3) is 5.91 Å². The summed E-state index contributed by atoms with van der Waals surface area (Å²) < 4.78 is 40.9. The lowest BCUT2D eigenvalue weighted by Crippen LogP contribution is -2.32. The van der Waals surface area contributed by atoms with Crippen LogP contribution in [-0.2, 0) is 6.42 Å². The van der Waals surface area contributed by atoms with Crippen molar-refractivity contribution in [2.75, 3.05) is 19.7 Å².